The molecule has 1 aromatic heterocycles. The van der Waals surface area contributed by atoms with E-state index in [0.29, 0.717) is 24.9 Å². The van der Waals surface area contributed by atoms with Crippen LogP contribution in [0, 0.1) is 0 Å². The lowest BCUT2D eigenvalue weighted by atomic mass is 9.98. The summed E-state index contributed by atoms with van der Waals surface area (Å²) in [7, 11) is 0. The molecule has 2 aromatic rings. The maximum absolute atomic E-state index is 12.5. The molecule has 0 bridgehead atoms. The molecule has 5 nitrogen and oxygen atoms in total. The van der Waals surface area contributed by atoms with Gasteiger partial charge in [0, 0.05) is 43.2 Å². The molecule has 2 aliphatic rings. The number of benzene rings is 1. The van der Waals surface area contributed by atoms with Crippen LogP contribution in [0.5, 0.6) is 0 Å². The van der Waals surface area contributed by atoms with E-state index in [9.17, 15) is 9.59 Å². The predicted molar refractivity (Wildman–Crippen MR) is 103 cm³/mol. The van der Waals surface area contributed by atoms with Crippen LogP contribution in [0.2, 0.25) is 0 Å². The minimum Gasteiger partial charge on any atom is -0.343 e. The van der Waals surface area contributed by atoms with Gasteiger partial charge in [-0.1, -0.05) is 24.6 Å². The Labute approximate surface area is 154 Å². The molecule has 4 rings (SSSR count). The van der Waals surface area contributed by atoms with Gasteiger partial charge < -0.3 is 9.88 Å². The van der Waals surface area contributed by atoms with Gasteiger partial charge in [0.15, 0.2) is 0 Å². The third-order valence-corrected chi connectivity index (χ3v) is 5.86. The summed E-state index contributed by atoms with van der Waals surface area (Å²) in [6.07, 6.45) is 6.30. The number of carbonyl (C=O) groups excluding carboxylic acids is 1. The van der Waals surface area contributed by atoms with Crippen molar-refractivity contribution >= 4 is 16.8 Å². The van der Waals surface area contributed by atoms with Gasteiger partial charge in [0.05, 0.1) is 0 Å². The average molecular weight is 353 g/mol. The molecule has 138 valence electrons. The number of para-hydroxylation sites is 1. The Bertz CT molecular complexity index is 845. The number of hydrogen-bond donors (Lipinski definition) is 1. The highest BCUT2D eigenvalue weighted by atomic mass is 16.2. The van der Waals surface area contributed by atoms with Crippen LogP contribution < -0.4 is 5.56 Å². The van der Waals surface area contributed by atoms with Gasteiger partial charge in [-0.15, -0.1) is 0 Å². The Kier molecular flexibility index (Phi) is 5.07. The van der Waals surface area contributed by atoms with Crippen LogP contribution in [0.15, 0.2) is 35.1 Å². The van der Waals surface area contributed by atoms with E-state index in [1.165, 1.54) is 12.8 Å². The number of pyridine rings is 1. The highest BCUT2D eigenvalue weighted by Gasteiger charge is 2.26. The van der Waals surface area contributed by atoms with E-state index in [2.05, 4.69) is 9.88 Å². The first-order valence-electron chi connectivity index (χ1n) is 9.83. The van der Waals surface area contributed by atoms with Crippen molar-refractivity contribution in [1.82, 2.24) is 14.8 Å². The number of fused-ring (bicyclic) bond motifs is 1. The predicted octanol–water partition coefficient (Wildman–Crippen LogP) is 2.90. The molecule has 1 N–H and O–H groups in total. The lowest BCUT2D eigenvalue weighted by Gasteiger charge is -2.36. The lowest BCUT2D eigenvalue weighted by Crippen LogP contribution is -2.42. The van der Waals surface area contributed by atoms with Gasteiger partial charge in [-0.2, -0.15) is 0 Å². The summed E-state index contributed by atoms with van der Waals surface area (Å²) >= 11 is 0. The summed E-state index contributed by atoms with van der Waals surface area (Å²) in [4.78, 5) is 31.8. The summed E-state index contributed by atoms with van der Waals surface area (Å²) in [5, 5.41) is 1.08. The molecule has 26 heavy (non-hydrogen) atoms. The number of amides is 1. The number of aromatic amines is 1. The van der Waals surface area contributed by atoms with Gasteiger partial charge >= 0.3 is 0 Å². The topological polar surface area (TPSA) is 56.4 Å². The minimum atomic E-state index is 0.0164. The first-order chi connectivity index (χ1) is 12.7. The van der Waals surface area contributed by atoms with Gasteiger partial charge in [-0.25, -0.2) is 0 Å². The maximum atomic E-state index is 12.5. The second kappa shape index (κ2) is 7.62. The van der Waals surface area contributed by atoms with Crippen molar-refractivity contribution in [3.05, 3.63) is 46.2 Å². The summed E-state index contributed by atoms with van der Waals surface area (Å²) in [6, 6.07) is 10.4. The molecule has 1 amide bonds. The molecule has 3 heterocycles. The SMILES string of the molecule is O=C1CCCN1CCC1CCCCN1Cc1cc2ccccc2[nH]c1=O. The fourth-order valence-electron chi connectivity index (χ4n) is 4.37. The summed E-state index contributed by atoms with van der Waals surface area (Å²) < 4.78 is 0. The third kappa shape index (κ3) is 3.68. The molecule has 2 saturated heterocycles. The zero-order valence-electron chi connectivity index (χ0n) is 15.2. The highest BCUT2D eigenvalue weighted by molar-refractivity contribution is 5.78. The molecule has 5 heteroatoms. The zero-order chi connectivity index (χ0) is 17.9. The Morgan fingerprint density at radius 3 is 2.81 bits per heavy atom. The van der Waals surface area contributed by atoms with Crippen molar-refractivity contribution in [1.29, 1.82) is 0 Å². The Morgan fingerprint density at radius 2 is 1.96 bits per heavy atom. The lowest BCUT2D eigenvalue weighted by molar-refractivity contribution is -0.127. The number of carbonyl (C=O) groups is 1. The van der Waals surface area contributed by atoms with Crippen molar-refractivity contribution in [3.63, 3.8) is 0 Å². The van der Waals surface area contributed by atoms with Gasteiger partial charge in [0.25, 0.3) is 5.56 Å². The number of nitrogens with one attached hydrogen (secondary N) is 1. The molecule has 1 aromatic carbocycles. The average Bonchev–Trinajstić information content (AvgIpc) is 3.06. The van der Waals surface area contributed by atoms with Crippen molar-refractivity contribution in [2.45, 2.75) is 51.1 Å². The van der Waals surface area contributed by atoms with E-state index in [-0.39, 0.29) is 5.56 Å². The van der Waals surface area contributed by atoms with Crippen LogP contribution >= 0.6 is 0 Å². The van der Waals surface area contributed by atoms with Crippen LogP contribution in [-0.4, -0.2) is 46.4 Å². The minimum absolute atomic E-state index is 0.0164. The van der Waals surface area contributed by atoms with Crippen LogP contribution in [0.3, 0.4) is 0 Å². The number of nitrogens with zero attached hydrogens (tertiary/aromatic N) is 2. The van der Waals surface area contributed by atoms with Gasteiger partial charge in [0.1, 0.15) is 0 Å². The van der Waals surface area contributed by atoms with E-state index in [1.807, 2.05) is 35.2 Å². The number of rotatable bonds is 5. The van der Waals surface area contributed by atoms with Crippen LogP contribution in [0.4, 0.5) is 0 Å². The Morgan fingerprint density at radius 1 is 1.08 bits per heavy atom. The quantitative estimate of drug-likeness (QED) is 0.899. The largest absolute Gasteiger partial charge is 0.343 e. The van der Waals surface area contributed by atoms with E-state index in [4.69, 9.17) is 0 Å². The van der Waals surface area contributed by atoms with E-state index >= 15 is 0 Å². The second-order valence-corrected chi connectivity index (χ2v) is 7.60. The first-order valence-corrected chi connectivity index (χ1v) is 9.83. The van der Waals surface area contributed by atoms with Crippen molar-refractivity contribution < 1.29 is 4.79 Å². The van der Waals surface area contributed by atoms with Crippen molar-refractivity contribution in [2.24, 2.45) is 0 Å². The molecule has 0 aliphatic carbocycles. The molecule has 1 atom stereocenters. The molecular formula is C21H27N3O2. The van der Waals surface area contributed by atoms with Crippen molar-refractivity contribution in [3.8, 4) is 0 Å². The summed E-state index contributed by atoms with van der Waals surface area (Å²) in [5.74, 6) is 0.304. The van der Waals surface area contributed by atoms with E-state index in [1.54, 1.807) is 0 Å². The van der Waals surface area contributed by atoms with E-state index in [0.717, 1.165) is 55.4 Å². The van der Waals surface area contributed by atoms with Crippen LogP contribution in [0.25, 0.3) is 10.9 Å². The molecule has 2 fully saturated rings. The van der Waals surface area contributed by atoms with Gasteiger partial charge in [-0.3, -0.25) is 14.5 Å². The fraction of sp³-hybridized carbons (Fsp3) is 0.524. The smallest absolute Gasteiger partial charge is 0.252 e. The number of hydrogen-bond acceptors (Lipinski definition) is 3. The molecule has 0 spiro atoms. The van der Waals surface area contributed by atoms with E-state index < -0.39 is 0 Å². The summed E-state index contributed by atoms with van der Waals surface area (Å²) in [6.45, 7) is 3.49. The maximum Gasteiger partial charge on any atom is 0.252 e. The molecule has 0 radical (unpaired) electrons. The molecule has 2 aliphatic heterocycles. The molecule has 1 unspecified atom stereocenters. The first kappa shape index (κ1) is 17.3. The Hall–Kier alpha value is -2.14. The highest BCUT2D eigenvalue weighted by Crippen LogP contribution is 2.23. The number of H-pyrrole nitrogens is 1. The Balaban J connectivity index is 1.47. The standard InChI is InChI=1S/C21H27N3O2/c25-20-9-5-12-23(20)13-10-18-7-3-4-11-24(18)15-17-14-16-6-1-2-8-19(16)22-21(17)26/h1-2,6,8,14,18H,3-5,7,9-13,15H2,(H,22,26). The molecule has 0 saturated carbocycles. The zero-order valence-corrected chi connectivity index (χ0v) is 15.2. The number of piperidine rings is 1. The second-order valence-electron chi connectivity index (χ2n) is 7.60. The van der Waals surface area contributed by atoms with Crippen LogP contribution in [-0.2, 0) is 11.3 Å². The van der Waals surface area contributed by atoms with Crippen LogP contribution in [0.1, 0.15) is 44.1 Å². The summed E-state index contributed by atoms with van der Waals surface area (Å²) in [5.41, 5.74) is 1.75. The fourth-order valence-corrected chi connectivity index (χ4v) is 4.37. The third-order valence-electron chi connectivity index (χ3n) is 5.86. The number of likely N-dealkylation sites (tertiary alicyclic amines) is 2. The normalized spacial score (nSPS) is 21.6. The molecular weight excluding hydrogens is 326 g/mol. The number of aromatic nitrogens is 1. The van der Waals surface area contributed by atoms with Gasteiger partial charge in [0.2, 0.25) is 5.91 Å². The van der Waals surface area contributed by atoms with Crippen molar-refractivity contribution in [2.75, 3.05) is 19.6 Å². The monoisotopic (exact) mass is 353 g/mol. The van der Waals surface area contributed by atoms with Gasteiger partial charge in [-0.05, 0) is 49.7 Å².